The van der Waals surface area contributed by atoms with Gasteiger partial charge >= 0.3 is 0 Å². The Hall–Kier alpha value is -0.910. The van der Waals surface area contributed by atoms with E-state index in [1.807, 2.05) is 44.2 Å². The van der Waals surface area contributed by atoms with E-state index in [9.17, 15) is 8.42 Å². The van der Waals surface area contributed by atoms with E-state index in [-0.39, 0.29) is 17.7 Å². The lowest BCUT2D eigenvalue weighted by Crippen LogP contribution is -2.41. The molecule has 2 atom stereocenters. The fourth-order valence-corrected chi connectivity index (χ4v) is 3.75. The van der Waals surface area contributed by atoms with Crippen LogP contribution in [0.25, 0.3) is 0 Å². The Labute approximate surface area is 116 Å². The molecule has 108 valence electrons. The van der Waals surface area contributed by atoms with Crippen LogP contribution >= 0.6 is 0 Å². The average molecular weight is 284 g/mol. The van der Waals surface area contributed by atoms with Crippen molar-refractivity contribution in [3.05, 3.63) is 35.9 Å². The number of nitrogens with two attached hydrogens (primary N) is 1. The van der Waals surface area contributed by atoms with Gasteiger partial charge in [0.1, 0.15) is 0 Å². The molecule has 0 spiro atoms. The Morgan fingerprint density at radius 1 is 1.26 bits per heavy atom. The van der Waals surface area contributed by atoms with E-state index in [1.54, 1.807) is 0 Å². The molecular weight excluding hydrogens is 260 g/mol. The molecule has 4 nitrogen and oxygen atoms in total. The smallest absolute Gasteiger partial charge is 0.212 e. The summed E-state index contributed by atoms with van der Waals surface area (Å²) in [5, 5.41) is 0. The first-order chi connectivity index (χ1) is 8.98. The summed E-state index contributed by atoms with van der Waals surface area (Å²) >= 11 is 0. The van der Waals surface area contributed by atoms with Crippen LogP contribution in [0.15, 0.2) is 30.3 Å². The molecule has 0 fully saturated rings. The predicted octanol–water partition coefficient (Wildman–Crippen LogP) is 1.84. The summed E-state index contributed by atoms with van der Waals surface area (Å²) in [6, 6.07) is 9.52. The Balaban J connectivity index is 2.64. The van der Waals surface area contributed by atoms with Gasteiger partial charge in [0.15, 0.2) is 0 Å². The fourth-order valence-electron chi connectivity index (χ4n) is 2.08. The van der Waals surface area contributed by atoms with Gasteiger partial charge in [0, 0.05) is 12.6 Å². The Kier molecular flexibility index (Phi) is 6.48. The highest BCUT2D eigenvalue weighted by Crippen LogP contribution is 2.16. The lowest BCUT2D eigenvalue weighted by Gasteiger charge is -2.18. The summed E-state index contributed by atoms with van der Waals surface area (Å²) in [5.41, 5.74) is 6.62. The van der Waals surface area contributed by atoms with E-state index in [0.717, 1.165) is 18.4 Å². The van der Waals surface area contributed by atoms with Crippen molar-refractivity contribution < 1.29 is 8.42 Å². The second-order valence-electron chi connectivity index (χ2n) is 4.93. The van der Waals surface area contributed by atoms with Crippen LogP contribution in [0.2, 0.25) is 0 Å². The van der Waals surface area contributed by atoms with Crippen molar-refractivity contribution in [2.45, 2.75) is 38.6 Å². The SMILES string of the molecule is CCCC(CN)NS(=O)(=O)CC(C)c1ccccc1. The van der Waals surface area contributed by atoms with E-state index in [4.69, 9.17) is 5.73 Å². The van der Waals surface area contributed by atoms with Gasteiger partial charge in [-0.3, -0.25) is 0 Å². The summed E-state index contributed by atoms with van der Waals surface area (Å²) in [7, 11) is -3.29. The highest BCUT2D eigenvalue weighted by Gasteiger charge is 2.20. The Morgan fingerprint density at radius 2 is 1.89 bits per heavy atom. The largest absolute Gasteiger partial charge is 0.329 e. The summed E-state index contributed by atoms with van der Waals surface area (Å²) < 4.78 is 26.9. The van der Waals surface area contributed by atoms with Crippen LogP contribution in [-0.2, 0) is 10.0 Å². The molecule has 0 aliphatic rings. The quantitative estimate of drug-likeness (QED) is 0.765. The van der Waals surface area contributed by atoms with E-state index in [0.29, 0.717) is 6.54 Å². The molecule has 0 amide bonds. The third kappa shape index (κ3) is 5.72. The van der Waals surface area contributed by atoms with Crippen LogP contribution in [0.1, 0.15) is 38.2 Å². The molecule has 0 saturated heterocycles. The zero-order valence-electron chi connectivity index (χ0n) is 11.7. The topological polar surface area (TPSA) is 72.2 Å². The third-order valence-electron chi connectivity index (χ3n) is 3.11. The first kappa shape index (κ1) is 16.1. The molecule has 1 aromatic rings. The van der Waals surface area contributed by atoms with Gasteiger partial charge in [-0.1, -0.05) is 50.6 Å². The lowest BCUT2D eigenvalue weighted by atomic mass is 10.0. The molecule has 0 aromatic heterocycles. The van der Waals surface area contributed by atoms with E-state index in [2.05, 4.69) is 4.72 Å². The van der Waals surface area contributed by atoms with Crippen LogP contribution < -0.4 is 10.5 Å². The third-order valence-corrected chi connectivity index (χ3v) is 4.74. The minimum atomic E-state index is -3.29. The van der Waals surface area contributed by atoms with Gasteiger partial charge in [0.2, 0.25) is 10.0 Å². The Bertz CT molecular complexity index is 460. The number of benzene rings is 1. The molecule has 5 heteroatoms. The maximum absolute atomic E-state index is 12.1. The summed E-state index contributed by atoms with van der Waals surface area (Å²) in [5.74, 6) is 0.0655. The second kappa shape index (κ2) is 7.62. The summed E-state index contributed by atoms with van der Waals surface area (Å²) in [6.07, 6.45) is 1.69. The molecule has 0 saturated carbocycles. The minimum absolute atomic E-state index is 0.0289. The van der Waals surface area contributed by atoms with Crippen molar-refractivity contribution in [3.63, 3.8) is 0 Å². The number of sulfonamides is 1. The molecule has 19 heavy (non-hydrogen) atoms. The lowest BCUT2D eigenvalue weighted by molar-refractivity contribution is 0.524. The summed E-state index contributed by atoms with van der Waals surface area (Å²) in [4.78, 5) is 0. The van der Waals surface area contributed by atoms with Crippen LogP contribution in [-0.4, -0.2) is 26.8 Å². The van der Waals surface area contributed by atoms with Gasteiger partial charge in [-0.05, 0) is 17.9 Å². The first-order valence-electron chi connectivity index (χ1n) is 6.73. The standard InChI is InChI=1S/C14H24N2O2S/c1-3-7-14(10-15)16-19(17,18)11-12(2)13-8-5-4-6-9-13/h4-6,8-9,12,14,16H,3,7,10-11,15H2,1-2H3. The number of hydrogen-bond acceptors (Lipinski definition) is 3. The van der Waals surface area contributed by atoms with Crippen molar-refractivity contribution in [2.75, 3.05) is 12.3 Å². The summed E-state index contributed by atoms with van der Waals surface area (Å²) in [6.45, 7) is 4.28. The minimum Gasteiger partial charge on any atom is -0.329 e. The van der Waals surface area contributed by atoms with Crippen molar-refractivity contribution >= 4 is 10.0 Å². The molecule has 0 aliphatic carbocycles. The van der Waals surface area contributed by atoms with E-state index in [1.165, 1.54) is 0 Å². The second-order valence-corrected chi connectivity index (χ2v) is 6.73. The monoisotopic (exact) mass is 284 g/mol. The predicted molar refractivity (Wildman–Crippen MR) is 79.5 cm³/mol. The zero-order valence-corrected chi connectivity index (χ0v) is 12.5. The average Bonchev–Trinajstić information content (AvgIpc) is 2.38. The molecule has 1 rings (SSSR count). The van der Waals surface area contributed by atoms with Gasteiger partial charge in [-0.15, -0.1) is 0 Å². The highest BCUT2D eigenvalue weighted by atomic mass is 32.2. The molecule has 3 N–H and O–H groups in total. The normalized spacial score (nSPS) is 15.1. The maximum Gasteiger partial charge on any atom is 0.212 e. The molecule has 0 bridgehead atoms. The molecule has 0 heterocycles. The van der Waals surface area contributed by atoms with Gasteiger partial charge in [0.05, 0.1) is 5.75 Å². The van der Waals surface area contributed by atoms with Gasteiger partial charge in [0.25, 0.3) is 0 Å². The van der Waals surface area contributed by atoms with Crippen molar-refractivity contribution in [1.29, 1.82) is 0 Å². The first-order valence-corrected chi connectivity index (χ1v) is 8.38. The van der Waals surface area contributed by atoms with Crippen LogP contribution in [0.4, 0.5) is 0 Å². The van der Waals surface area contributed by atoms with E-state index >= 15 is 0 Å². The van der Waals surface area contributed by atoms with Crippen LogP contribution in [0.3, 0.4) is 0 Å². The molecular formula is C14H24N2O2S. The van der Waals surface area contributed by atoms with Crippen molar-refractivity contribution in [3.8, 4) is 0 Å². The fraction of sp³-hybridized carbons (Fsp3) is 0.571. The van der Waals surface area contributed by atoms with Crippen molar-refractivity contribution in [2.24, 2.45) is 5.73 Å². The molecule has 0 aliphatic heterocycles. The molecule has 0 radical (unpaired) electrons. The highest BCUT2D eigenvalue weighted by molar-refractivity contribution is 7.89. The number of rotatable bonds is 8. The van der Waals surface area contributed by atoms with Crippen LogP contribution in [0.5, 0.6) is 0 Å². The van der Waals surface area contributed by atoms with Crippen molar-refractivity contribution in [1.82, 2.24) is 4.72 Å². The molecule has 1 aromatic carbocycles. The Morgan fingerprint density at radius 3 is 2.42 bits per heavy atom. The molecule has 2 unspecified atom stereocenters. The van der Waals surface area contributed by atoms with Gasteiger partial charge in [-0.25, -0.2) is 13.1 Å². The maximum atomic E-state index is 12.1. The number of nitrogens with one attached hydrogen (secondary N) is 1. The van der Waals surface area contributed by atoms with Gasteiger partial charge in [-0.2, -0.15) is 0 Å². The van der Waals surface area contributed by atoms with Crippen LogP contribution in [0, 0.1) is 0 Å². The zero-order chi connectivity index (χ0) is 14.3. The van der Waals surface area contributed by atoms with E-state index < -0.39 is 10.0 Å². The van der Waals surface area contributed by atoms with Gasteiger partial charge < -0.3 is 5.73 Å². The number of hydrogen-bond donors (Lipinski definition) is 2.